The van der Waals surface area contributed by atoms with Crippen LogP contribution in [0.5, 0.6) is 11.5 Å². The molecule has 5 nitrogen and oxygen atoms in total. The lowest BCUT2D eigenvalue weighted by Crippen LogP contribution is -2.16. The van der Waals surface area contributed by atoms with Crippen molar-refractivity contribution in [1.82, 2.24) is 9.55 Å². The zero-order valence-electron chi connectivity index (χ0n) is 16.9. The number of rotatable bonds is 12. The highest BCUT2D eigenvalue weighted by molar-refractivity contribution is 5.80. The number of hydrogen-bond donors (Lipinski definition) is 1. The molecule has 0 saturated carbocycles. The van der Waals surface area contributed by atoms with Gasteiger partial charge in [0, 0.05) is 18.7 Å². The second-order valence-electron chi connectivity index (χ2n) is 6.95. The van der Waals surface area contributed by atoms with Crippen LogP contribution in [-0.4, -0.2) is 23.8 Å². The molecule has 2 rings (SSSR count). The Morgan fingerprint density at radius 2 is 1.58 bits per heavy atom. The summed E-state index contributed by atoms with van der Waals surface area (Å²) in [5.41, 5.74) is 8.34. The van der Waals surface area contributed by atoms with Gasteiger partial charge in [0.25, 0.3) is 0 Å². The highest BCUT2D eigenvalue weighted by Crippen LogP contribution is 2.33. The average molecular weight is 362 g/mol. The lowest BCUT2D eigenvalue weighted by molar-refractivity contribution is 0.355. The first-order chi connectivity index (χ1) is 12.7. The van der Waals surface area contributed by atoms with E-state index < -0.39 is 0 Å². The fourth-order valence-corrected chi connectivity index (χ4v) is 3.40. The molecule has 0 saturated heterocycles. The van der Waals surface area contributed by atoms with E-state index >= 15 is 0 Å². The van der Waals surface area contributed by atoms with Crippen LogP contribution in [0.3, 0.4) is 0 Å². The Bertz CT molecular complexity index is 681. The molecule has 5 heteroatoms. The van der Waals surface area contributed by atoms with Crippen LogP contribution in [0.4, 0.5) is 0 Å². The van der Waals surface area contributed by atoms with Crippen molar-refractivity contribution in [2.75, 3.05) is 14.2 Å². The first kappa shape index (κ1) is 20.6. The van der Waals surface area contributed by atoms with Crippen molar-refractivity contribution in [2.24, 2.45) is 5.73 Å². The molecule has 0 fully saturated rings. The number of nitrogens with two attached hydrogens (primary N) is 1. The van der Waals surface area contributed by atoms with Crippen molar-refractivity contribution in [1.29, 1.82) is 0 Å². The van der Waals surface area contributed by atoms with Crippen LogP contribution in [0.2, 0.25) is 0 Å². The van der Waals surface area contributed by atoms with Gasteiger partial charge >= 0.3 is 0 Å². The third-order valence-corrected chi connectivity index (χ3v) is 5.04. The minimum atomic E-state index is -0.0519. The summed E-state index contributed by atoms with van der Waals surface area (Å²) in [5, 5.41) is 0. The van der Waals surface area contributed by atoms with Crippen LogP contribution in [0.1, 0.15) is 77.1 Å². The largest absolute Gasteiger partial charge is 0.493 e. The van der Waals surface area contributed by atoms with E-state index in [2.05, 4.69) is 18.4 Å². The predicted molar refractivity (Wildman–Crippen MR) is 108 cm³/mol. The molecule has 0 amide bonds. The van der Waals surface area contributed by atoms with Gasteiger partial charge in [0.2, 0.25) is 0 Å². The van der Waals surface area contributed by atoms with Crippen LogP contribution >= 0.6 is 0 Å². The predicted octanol–water partition coefficient (Wildman–Crippen LogP) is 5.21. The van der Waals surface area contributed by atoms with Crippen molar-refractivity contribution in [3.8, 4) is 11.5 Å². The number of aryl methyl sites for hydroxylation is 1. The number of fused-ring (bicyclic) bond motifs is 1. The summed E-state index contributed by atoms with van der Waals surface area (Å²) in [4.78, 5) is 4.81. The molecule has 0 spiro atoms. The zero-order valence-corrected chi connectivity index (χ0v) is 16.9. The fourth-order valence-electron chi connectivity index (χ4n) is 3.40. The van der Waals surface area contributed by atoms with E-state index in [1.807, 2.05) is 12.1 Å². The Hall–Kier alpha value is -1.75. The molecular weight excluding hydrogens is 326 g/mol. The monoisotopic (exact) mass is 361 g/mol. The van der Waals surface area contributed by atoms with Crippen LogP contribution < -0.4 is 15.2 Å². The smallest absolute Gasteiger partial charge is 0.163 e. The average Bonchev–Trinajstić information content (AvgIpc) is 3.02. The highest BCUT2D eigenvalue weighted by atomic mass is 16.5. The Balaban J connectivity index is 2.18. The van der Waals surface area contributed by atoms with Gasteiger partial charge in [-0.2, -0.15) is 0 Å². The quantitative estimate of drug-likeness (QED) is 0.527. The van der Waals surface area contributed by atoms with Crippen LogP contribution in [0.15, 0.2) is 12.1 Å². The molecule has 1 heterocycles. The number of imidazole rings is 1. The normalized spacial score (nSPS) is 12.5. The van der Waals surface area contributed by atoms with Gasteiger partial charge in [0.1, 0.15) is 5.82 Å². The van der Waals surface area contributed by atoms with E-state index in [1.165, 1.54) is 38.5 Å². The van der Waals surface area contributed by atoms with Gasteiger partial charge in [-0.3, -0.25) is 0 Å². The van der Waals surface area contributed by atoms with E-state index in [1.54, 1.807) is 14.2 Å². The van der Waals surface area contributed by atoms with Crippen molar-refractivity contribution in [3.05, 3.63) is 18.0 Å². The van der Waals surface area contributed by atoms with E-state index in [4.69, 9.17) is 20.2 Å². The number of aromatic nitrogens is 2. The summed E-state index contributed by atoms with van der Waals surface area (Å²) in [6, 6.07) is 3.92. The summed E-state index contributed by atoms with van der Waals surface area (Å²) < 4.78 is 13.2. The van der Waals surface area contributed by atoms with E-state index in [0.29, 0.717) is 5.75 Å². The molecule has 0 aliphatic heterocycles. The van der Waals surface area contributed by atoms with Crippen LogP contribution in [-0.2, 0) is 6.54 Å². The Morgan fingerprint density at radius 3 is 2.19 bits per heavy atom. The maximum absolute atomic E-state index is 6.34. The number of hydrogen-bond acceptors (Lipinski definition) is 4. The molecule has 1 aromatic carbocycles. The molecule has 0 aliphatic rings. The summed E-state index contributed by atoms with van der Waals surface area (Å²) in [6.07, 6.45) is 9.91. The molecule has 146 valence electrons. The summed E-state index contributed by atoms with van der Waals surface area (Å²) in [7, 11) is 3.32. The molecule has 1 aromatic heterocycles. The van der Waals surface area contributed by atoms with Crippen molar-refractivity contribution in [3.63, 3.8) is 0 Å². The Labute approximate surface area is 157 Å². The second kappa shape index (κ2) is 10.4. The lowest BCUT2D eigenvalue weighted by Gasteiger charge is -2.14. The summed E-state index contributed by atoms with van der Waals surface area (Å²) in [5.74, 6) is 2.40. The van der Waals surface area contributed by atoms with Gasteiger partial charge < -0.3 is 19.8 Å². The van der Waals surface area contributed by atoms with E-state index in [-0.39, 0.29) is 6.04 Å². The summed E-state index contributed by atoms with van der Waals surface area (Å²) in [6.45, 7) is 5.30. The molecule has 0 radical (unpaired) electrons. The molecule has 0 aliphatic carbocycles. The minimum absolute atomic E-state index is 0.0519. The fraction of sp³-hybridized carbons (Fsp3) is 0.667. The van der Waals surface area contributed by atoms with Gasteiger partial charge in [-0.05, 0) is 12.8 Å². The SMILES string of the molecule is CCCCCCCCCn1c(C(N)CC)nc2cc(OC)c(OC)cc21. The molecule has 26 heavy (non-hydrogen) atoms. The third kappa shape index (κ3) is 4.91. The van der Waals surface area contributed by atoms with Gasteiger partial charge in [-0.1, -0.05) is 52.4 Å². The first-order valence-electron chi connectivity index (χ1n) is 10.0. The molecule has 0 bridgehead atoms. The van der Waals surface area contributed by atoms with Crippen molar-refractivity contribution < 1.29 is 9.47 Å². The van der Waals surface area contributed by atoms with Crippen molar-refractivity contribution in [2.45, 2.75) is 77.8 Å². The van der Waals surface area contributed by atoms with Gasteiger partial charge in [0.15, 0.2) is 11.5 Å². The topological polar surface area (TPSA) is 62.3 Å². The summed E-state index contributed by atoms with van der Waals surface area (Å²) >= 11 is 0. The lowest BCUT2D eigenvalue weighted by atomic mass is 10.1. The molecule has 1 atom stereocenters. The highest BCUT2D eigenvalue weighted by Gasteiger charge is 2.18. The number of nitrogens with zero attached hydrogens (tertiary/aromatic N) is 2. The maximum Gasteiger partial charge on any atom is 0.163 e. The van der Waals surface area contributed by atoms with Gasteiger partial charge in [0.05, 0.1) is 31.3 Å². The Morgan fingerprint density at radius 1 is 0.962 bits per heavy atom. The van der Waals surface area contributed by atoms with Gasteiger partial charge in [-0.15, -0.1) is 0 Å². The zero-order chi connectivity index (χ0) is 18.9. The number of ether oxygens (including phenoxy) is 2. The van der Waals surface area contributed by atoms with Crippen LogP contribution in [0, 0.1) is 0 Å². The van der Waals surface area contributed by atoms with Crippen LogP contribution in [0.25, 0.3) is 11.0 Å². The van der Waals surface area contributed by atoms with Crippen molar-refractivity contribution >= 4 is 11.0 Å². The molecule has 2 aromatic rings. The number of unbranched alkanes of at least 4 members (excludes halogenated alkanes) is 6. The van der Waals surface area contributed by atoms with E-state index in [0.717, 1.165) is 42.0 Å². The number of benzene rings is 1. The number of methoxy groups -OCH3 is 2. The maximum atomic E-state index is 6.34. The minimum Gasteiger partial charge on any atom is -0.493 e. The molecule has 1 unspecified atom stereocenters. The van der Waals surface area contributed by atoms with E-state index in [9.17, 15) is 0 Å². The Kier molecular flexibility index (Phi) is 8.23. The third-order valence-electron chi connectivity index (χ3n) is 5.04. The first-order valence-corrected chi connectivity index (χ1v) is 10.0. The standard InChI is InChI=1S/C21H35N3O2/c1-5-7-8-9-10-11-12-13-24-18-15-20(26-4)19(25-3)14-17(18)23-21(24)16(22)6-2/h14-16H,5-13,22H2,1-4H3. The second-order valence-corrected chi connectivity index (χ2v) is 6.95. The molecular formula is C21H35N3O2. The van der Waals surface area contributed by atoms with Gasteiger partial charge in [-0.25, -0.2) is 4.98 Å². The molecule has 2 N–H and O–H groups in total.